The molecule has 2 aliphatic heterocycles. The number of unbranched alkanes of at least 4 members (excludes halogenated alkanes) is 1. The highest BCUT2D eigenvalue weighted by Gasteiger charge is 2.31. The molecule has 0 aliphatic carbocycles. The quantitative estimate of drug-likeness (QED) is 0.255. The zero-order valence-electron chi connectivity index (χ0n) is 24.1. The lowest BCUT2D eigenvalue weighted by atomic mass is 10.1. The van der Waals surface area contributed by atoms with Crippen LogP contribution in [0.15, 0.2) is 36.4 Å². The number of nitrogens with one attached hydrogen (secondary N) is 1. The molecule has 0 unspecified atom stereocenters. The Morgan fingerprint density at radius 2 is 1.88 bits per heavy atom. The number of ether oxygens (including phenoxy) is 3. The molecule has 4 rings (SSSR count). The topological polar surface area (TPSA) is 170 Å². The molecule has 0 saturated carbocycles. The number of hydrogen-bond donors (Lipinski definition) is 2. The number of piperazine rings is 1. The molecule has 43 heavy (non-hydrogen) atoms. The van der Waals surface area contributed by atoms with Gasteiger partial charge in [-0.1, -0.05) is 43.7 Å². The Morgan fingerprint density at radius 3 is 2.56 bits per heavy atom. The normalized spacial score (nSPS) is 17.6. The van der Waals surface area contributed by atoms with E-state index in [4.69, 9.17) is 19.0 Å². The summed E-state index contributed by atoms with van der Waals surface area (Å²) in [6, 6.07) is 9.35. The molecule has 1 aromatic heterocycles. The van der Waals surface area contributed by atoms with E-state index in [-0.39, 0.29) is 69.1 Å². The van der Waals surface area contributed by atoms with Crippen LogP contribution in [0.5, 0.6) is 5.88 Å². The van der Waals surface area contributed by atoms with Crippen LogP contribution >= 0.6 is 0 Å². The number of carboxylic acids is 1. The van der Waals surface area contributed by atoms with Crippen molar-refractivity contribution in [3.05, 3.63) is 42.1 Å². The first kappa shape index (κ1) is 31.6. The summed E-state index contributed by atoms with van der Waals surface area (Å²) < 4.78 is 16.3. The highest BCUT2D eigenvalue weighted by molar-refractivity contribution is 5.96. The predicted molar refractivity (Wildman–Crippen MR) is 151 cm³/mol. The Hall–Kier alpha value is -4.30. The molecule has 232 valence electrons. The molecular formula is C29H37N5O9. The largest absolute Gasteiger partial charge is 0.527 e. The van der Waals surface area contributed by atoms with Gasteiger partial charge in [-0.15, -0.1) is 5.06 Å². The monoisotopic (exact) mass is 599 g/mol. The summed E-state index contributed by atoms with van der Waals surface area (Å²) in [7, 11) is 0. The molecule has 0 radical (unpaired) electrons. The fourth-order valence-corrected chi connectivity index (χ4v) is 4.50. The Labute approximate surface area is 249 Å². The lowest BCUT2D eigenvalue weighted by molar-refractivity contribution is -0.158. The van der Waals surface area contributed by atoms with E-state index in [2.05, 4.69) is 15.3 Å². The van der Waals surface area contributed by atoms with E-state index < -0.39 is 30.0 Å². The second kappa shape index (κ2) is 15.8. The number of carbonyl (C=O) groups is 4. The third-order valence-electron chi connectivity index (χ3n) is 6.86. The molecule has 0 spiro atoms. The summed E-state index contributed by atoms with van der Waals surface area (Å²) in [4.78, 5) is 65.7. The maximum absolute atomic E-state index is 13.5. The summed E-state index contributed by atoms with van der Waals surface area (Å²) in [5.74, 6) is -1.77. The van der Waals surface area contributed by atoms with Crippen molar-refractivity contribution in [2.24, 2.45) is 0 Å². The van der Waals surface area contributed by atoms with Gasteiger partial charge in [-0.2, -0.15) is 4.98 Å². The number of carboxylic acid groups (broad SMARTS) is 1. The van der Waals surface area contributed by atoms with E-state index >= 15 is 0 Å². The van der Waals surface area contributed by atoms with Gasteiger partial charge >= 0.3 is 12.1 Å². The van der Waals surface area contributed by atoms with Gasteiger partial charge in [-0.25, -0.2) is 9.78 Å². The summed E-state index contributed by atoms with van der Waals surface area (Å²) in [6.07, 6.45) is 0.801. The summed E-state index contributed by atoms with van der Waals surface area (Å²) in [5, 5.41) is 13.4. The van der Waals surface area contributed by atoms with Crippen molar-refractivity contribution < 1.29 is 43.3 Å². The highest BCUT2D eigenvalue weighted by Crippen LogP contribution is 2.22. The number of hydrogen-bond acceptors (Lipinski definition) is 11. The first-order valence-electron chi connectivity index (χ1n) is 14.4. The molecule has 1 aromatic carbocycles. The fourth-order valence-electron chi connectivity index (χ4n) is 4.50. The molecule has 2 aliphatic rings. The molecule has 0 bridgehead atoms. The minimum Gasteiger partial charge on any atom is -0.481 e. The van der Waals surface area contributed by atoms with E-state index in [0.717, 1.165) is 12.8 Å². The van der Waals surface area contributed by atoms with Crippen LogP contribution in [-0.4, -0.2) is 107 Å². The number of carbonyl (C=O) groups excluding carboxylic acids is 3. The number of hydroxylamine groups is 2. The molecule has 14 heteroatoms. The van der Waals surface area contributed by atoms with E-state index in [9.17, 15) is 24.3 Å². The van der Waals surface area contributed by atoms with E-state index in [1.807, 2.05) is 25.1 Å². The van der Waals surface area contributed by atoms with Gasteiger partial charge < -0.3 is 34.4 Å². The van der Waals surface area contributed by atoms with Crippen molar-refractivity contribution in [2.75, 3.05) is 46.0 Å². The second-order valence-corrected chi connectivity index (χ2v) is 10.1. The van der Waals surface area contributed by atoms with Gasteiger partial charge in [-0.05, 0) is 12.8 Å². The Morgan fingerprint density at radius 1 is 1.12 bits per heavy atom. The first-order valence-corrected chi connectivity index (χ1v) is 14.4. The molecule has 2 saturated heterocycles. The van der Waals surface area contributed by atoms with Crippen LogP contribution in [0.3, 0.4) is 0 Å². The number of nitrogens with zero attached hydrogens (tertiary/aromatic N) is 4. The minimum absolute atomic E-state index is 0.0318. The van der Waals surface area contributed by atoms with Gasteiger partial charge in [0.05, 0.1) is 32.9 Å². The van der Waals surface area contributed by atoms with Crippen LogP contribution in [0, 0.1) is 0 Å². The predicted octanol–water partition coefficient (Wildman–Crippen LogP) is 2.29. The van der Waals surface area contributed by atoms with Crippen LogP contribution in [0.2, 0.25) is 0 Å². The van der Waals surface area contributed by atoms with Gasteiger partial charge in [-0.3, -0.25) is 14.4 Å². The Bertz CT molecular complexity index is 1250. The van der Waals surface area contributed by atoms with Gasteiger partial charge in [0.25, 0.3) is 5.91 Å². The standard InChI is InChI=1S/C29H37N5O9/c1-2-3-16-41-29(39)43-34-14-12-33(13-15-34)28(38)22(9-10-25(35)36)31-27(37)23-18-24(42-21-11-17-40-19-21)32-26(30-23)20-7-5-4-6-8-20/h4-8,18,21-22H,2-3,9-17,19H2,1H3,(H,31,37)(H,35,36)/t21-,22+/m1/s1. The van der Waals surface area contributed by atoms with Crippen LogP contribution < -0.4 is 10.1 Å². The van der Waals surface area contributed by atoms with Gasteiger partial charge in [0.1, 0.15) is 17.8 Å². The zero-order chi connectivity index (χ0) is 30.6. The van der Waals surface area contributed by atoms with Gasteiger partial charge in [0.2, 0.25) is 11.8 Å². The van der Waals surface area contributed by atoms with Crippen LogP contribution in [0.4, 0.5) is 4.79 Å². The third kappa shape index (κ3) is 9.61. The number of aliphatic carboxylic acids is 1. The van der Waals surface area contributed by atoms with E-state index in [1.165, 1.54) is 16.0 Å². The molecule has 2 N–H and O–H groups in total. The Kier molecular flexibility index (Phi) is 11.6. The lowest BCUT2D eigenvalue weighted by Gasteiger charge is -2.35. The van der Waals surface area contributed by atoms with Crippen LogP contribution in [0.1, 0.15) is 49.5 Å². The Balaban J connectivity index is 1.44. The number of aromatic nitrogens is 2. The van der Waals surface area contributed by atoms with Crippen molar-refractivity contribution >= 4 is 23.9 Å². The van der Waals surface area contributed by atoms with Gasteiger partial charge in [0.15, 0.2) is 5.82 Å². The number of amides is 2. The maximum atomic E-state index is 13.5. The van der Waals surface area contributed by atoms with Crippen LogP contribution in [0.25, 0.3) is 11.4 Å². The molecule has 2 fully saturated rings. The van der Waals surface area contributed by atoms with E-state index in [1.54, 1.807) is 12.1 Å². The second-order valence-electron chi connectivity index (χ2n) is 10.1. The van der Waals surface area contributed by atoms with Crippen molar-refractivity contribution in [3.8, 4) is 17.3 Å². The molecule has 2 amide bonds. The average molecular weight is 600 g/mol. The SMILES string of the molecule is CCCCOC(=O)ON1CCN(C(=O)[C@H](CCC(=O)O)NC(=O)c2cc(O[C@@H]3CCOC3)nc(-c3ccccc3)n2)CC1. The molecule has 2 atom stereocenters. The average Bonchev–Trinajstić information content (AvgIpc) is 3.52. The third-order valence-corrected chi connectivity index (χ3v) is 6.86. The molecule has 14 nitrogen and oxygen atoms in total. The van der Waals surface area contributed by atoms with Crippen molar-refractivity contribution in [2.45, 2.75) is 51.2 Å². The summed E-state index contributed by atoms with van der Waals surface area (Å²) in [6.45, 7) is 4.06. The number of benzene rings is 1. The van der Waals surface area contributed by atoms with Crippen LogP contribution in [-0.2, 0) is 23.9 Å². The maximum Gasteiger partial charge on any atom is 0.527 e. The minimum atomic E-state index is -1.13. The van der Waals surface area contributed by atoms with Crippen molar-refractivity contribution in [3.63, 3.8) is 0 Å². The smallest absolute Gasteiger partial charge is 0.481 e. The highest BCUT2D eigenvalue weighted by atomic mass is 16.8. The fraction of sp³-hybridized carbons (Fsp3) is 0.517. The molecule has 3 heterocycles. The zero-order valence-corrected chi connectivity index (χ0v) is 24.1. The first-order chi connectivity index (χ1) is 20.8. The van der Waals surface area contributed by atoms with Crippen molar-refractivity contribution in [1.82, 2.24) is 25.2 Å². The summed E-state index contributed by atoms with van der Waals surface area (Å²) in [5.41, 5.74) is 0.633. The molecular weight excluding hydrogens is 562 g/mol. The van der Waals surface area contributed by atoms with Crippen molar-refractivity contribution in [1.29, 1.82) is 0 Å². The van der Waals surface area contributed by atoms with Gasteiger partial charge in [0, 0.05) is 37.6 Å². The molecule has 2 aromatic rings. The number of rotatable bonds is 13. The lowest BCUT2D eigenvalue weighted by Crippen LogP contribution is -2.55. The summed E-state index contributed by atoms with van der Waals surface area (Å²) >= 11 is 0. The van der Waals surface area contributed by atoms with E-state index in [0.29, 0.717) is 25.2 Å².